The molecule has 25 heavy (non-hydrogen) atoms. The van der Waals surface area contributed by atoms with Gasteiger partial charge in [-0.3, -0.25) is 4.79 Å². The Hall–Kier alpha value is -2.54. The molecule has 128 valence electrons. The summed E-state index contributed by atoms with van der Waals surface area (Å²) in [5.41, 5.74) is 3.43. The van der Waals surface area contributed by atoms with Crippen LogP contribution in [0.25, 0.3) is 10.2 Å². The summed E-state index contributed by atoms with van der Waals surface area (Å²) in [6.45, 7) is 3.16. The van der Waals surface area contributed by atoms with Crippen LogP contribution in [0, 0.1) is 6.92 Å². The number of carbonyl (C=O) groups excluding carboxylic acids is 1. The fraction of sp³-hybridized carbons (Fsp3) is 0.333. The second-order valence-electron chi connectivity index (χ2n) is 6.11. The van der Waals surface area contributed by atoms with Gasteiger partial charge in [0.15, 0.2) is 0 Å². The summed E-state index contributed by atoms with van der Waals surface area (Å²) >= 11 is 1.55. The van der Waals surface area contributed by atoms with Gasteiger partial charge in [0.1, 0.15) is 11.9 Å². The number of rotatable bonds is 3. The zero-order valence-electron chi connectivity index (χ0n) is 13.9. The molecule has 1 atom stereocenters. The number of aryl methyl sites for hydroxylation is 1. The fourth-order valence-corrected chi connectivity index (χ4v) is 3.78. The number of amides is 1. The van der Waals surface area contributed by atoms with Gasteiger partial charge in [-0.05, 0) is 38.0 Å². The molecule has 2 aromatic heterocycles. The minimum Gasteiger partial charge on any atom is -0.472 e. The van der Waals surface area contributed by atoms with Crippen LogP contribution in [0.3, 0.4) is 0 Å². The second-order valence-corrected chi connectivity index (χ2v) is 7.00. The van der Waals surface area contributed by atoms with Crippen molar-refractivity contribution in [2.75, 3.05) is 13.1 Å². The fourth-order valence-electron chi connectivity index (χ4n) is 3.06. The first-order chi connectivity index (χ1) is 12.2. The molecule has 3 heterocycles. The van der Waals surface area contributed by atoms with Crippen LogP contribution in [0.2, 0.25) is 0 Å². The number of ether oxygens (including phenoxy) is 1. The van der Waals surface area contributed by atoms with Crippen molar-refractivity contribution in [3.63, 3.8) is 0 Å². The second kappa shape index (κ2) is 6.76. The molecule has 1 saturated heterocycles. The Bertz CT molecular complexity index is 911. The van der Waals surface area contributed by atoms with Crippen LogP contribution in [0.15, 0.2) is 36.0 Å². The third kappa shape index (κ3) is 3.46. The Labute approximate surface area is 149 Å². The number of hydrogen-bond acceptors (Lipinski definition) is 6. The first-order valence-corrected chi connectivity index (χ1v) is 9.16. The monoisotopic (exact) mass is 354 g/mol. The minimum atomic E-state index is -0.0425. The topological polar surface area (TPSA) is 68.2 Å². The lowest BCUT2D eigenvalue weighted by Gasteiger charge is -2.32. The number of hydrogen-bond donors (Lipinski definition) is 0. The van der Waals surface area contributed by atoms with Gasteiger partial charge in [-0.1, -0.05) is 0 Å². The molecule has 3 aromatic rings. The highest BCUT2D eigenvalue weighted by atomic mass is 32.1. The lowest BCUT2D eigenvalue weighted by molar-refractivity contribution is 0.0527. The first-order valence-electron chi connectivity index (χ1n) is 8.28. The summed E-state index contributed by atoms with van der Waals surface area (Å²) in [5, 5.41) is 0. The molecule has 0 aliphatic carbocycles. The summed E-state index contributed by atoms with van der Waals surface area (Å²) < 4.78 is 6.99. The van der Waals surface area contributed by atoms with E-state index in [1.807, 2.05) is 30.0 Å². The Morgan fingerprint density at radius 1 is 1.32 bits per heavy atom. The van der Waals surface area contributed by atoms with Crippen LogP contribution in [-0.2, 0) is 0 Å². The molecule has 4 rings (SSSR count). The zero-order chi connectivity index (χ0) is 17.2. The van der Waals surface area contributed by atoms with Crippen molar-refractivity contribution in [3.05, 3.63) is 47.4 Å². The highest BCUT2D eigenvalue weighted by molar-refractivity contribution is 7.16. The molecule has 0 bridgehead atoms. The molecule has 1 aliphatic heterocycles. The van der Waals surface area contributed by atoms with Crippen molar-refractivity contribution in [2.24, 2.45) is 0 Å². The van der Waals surface area contributed by atoms with Gasteiger partial charge < -0.3 is 9.64 Å². The summed E-state index contributed by atoms with van der Waals surface area (Å²) in [6.07, 6.45) is 3.48. The van der Waals surface area contributed by atoms with Gasteiger partial charge in [0.05, 0.1) is 22.3 Å². The van der Waals surface area contributed by atoms with Crippen molar-refractivity contribution in [1.82, 2.24) is 19.9 Å². The standard InChI is InChI=1S/C18H18N4O2S/c1-12-19-7-6-17(21-12)24-14-3-2-8-22(10-14)18(23)13-4-5-15-16(9-13)25-11-20-15/h4-7,9,11,14H,2-3,8,10H2,1H3. The molecule has 0 spiro atoms. The molecule has 1 aromatic carbocycles. The smallest absolute Gasteiger partial charge is 0.254 e. The van der Waals surface area contributed by atoms with Crippen LogP contribution in [-0.4, -0.2) is 45.0 Å². The Balaban J connectivity index is 1.47. The lowest BCUT2D eigenvalue weighted by Crippen LogP contribution is -2.44. The minimum absolute atomic E-state index is 0.0425. The molecule has 0 radical (unpaired) electrons. The molecule has 1 fully saturated rings. The highest BCUT2D eigenvalue weighted by Crippen LogP contribution is 2.22. The number of thiazole rings is 1. The molecular weight excluding hydrogens is 336 g/mol. The van der Waals surface area contributed by atoms with E-state index in [0.29, 0.717) is 23.8 Å². The molecule has 7 heteroatoms. The van der Waals surface area contributed by atoms with E-state index in [1.165, 1.54) is 0 Å². The van der Waals surface area contributed by atoms with Gasteiger partial charge in [-0.25, -0.2) is 9.97 Å². The Morgan fingerprint density at radius 2 is 2.24 bits per heavy atom. The SMILES string of the molecule is Cc1nccc(OC2CCCN(C(=O)c3ccc4ncsc4c3)C2)n1. The van der Waals surface area contributed by atoms with E-state index in [0.717, 1.165) is 29.6 Å². The van der Waals surface area contributed by atoms with Gasteiger partial charge in [-0.2, -0.15) is 4.98 Å². The number of piperidine rings is 1. The molecule has 1 aliphatic rings. The van der Waals surface area contributed by atoms with Gasteiger partial charge in [0, 0.05) is 24.4 Å². The normalized spacial score (nSPS) is 17.6. The molecule has 0 saturated carbocycles. The lowest BCUT2D eigenvalue weighted by atomic mass is 10.1. The molecule has 0 N–H and O–H groups in total. The maximum atomic E-state index is 12.8. The van der Waals surface area contributed by atoms with Crippen LogP contribution in [0.1, 0.15) is 29.0 Å². The number of benzene rings is 1. The van der Waals surface area contributed by atoms with Crippen LogP contribution >= 0.6 is 11.3 Å². The van der Waals surface area contributed by atoms with Crippen LogP contribution in [0.4, 0.5) is 0 Å². The van der Waals surface area contributed by atoms with Gasteiger partial charge in [0.2, 0.25) is 5.88 Å². The Kier molecular flexibility index (Phi) is 4.31. The quantitative estimate of drug-likeness (QED) is 0.723. The average molecular weight is 354 g/mol. The van der Waals surface area contributed by atoms with E-state index in [4.69, 9.17) is 4.74 Å². The number of likely N-dealkylation sites (tertiary alicyclic amines) is 1. The first kappa shape index (κ1) is 16.0. The number of fused-ring (bicyclic) bond motifs is 1. The predicted molar refractivity (Wildman–Crippen MR) is 95.9 cm³/mol. The summed E-state index contributed by atoms with van der Waals surface area (Å²) in [7, 11) is 0. The number of nitrogens with zero attached hydrogens (tertiary/aromatic N) is 4. The molecule has 1 amide bonds. The van der Waals surface area contributed by atoms with Gasteiger partial charge >= 0.3 is 0 Å². The van der Waals surface area contributed by atoms with E-state index < -0.39 is 0 Å². The summed E-state index contributed by atoms with van der Waals surface area (Å²) in [6, 6.07) is 7.43. The molecule has 6 nitrogen and oxygen atoms in total. The molecule has 1 unspecified atom stereocenters. The van der Waals surface area contributed by atoms with Gasteiger partial charge in [-0.15, -0.1) is 11.3 Å². The average Bonchev–Trinajstić information content (AvgIpc) is 3.09. The summed E-state index contributed by atoms with van der Waals surface area (Å²) in [4.78, 5) is 27.3. The third-order valence-electron chi connectivity index (χ3n) is 4.28. The Morgan fingerprint density at radius 3 is 3.12 bits per heavy atom. The largest absolute Gasteiger partial charge is 0.472 e. The van der Waals surface area contributed by atoms with Gasteiger partial charge in [0.25, 0.3) is 5.91 Å². The van der Waals surface area contributed by atoms with Crippen molar-refractivity contribution in [1.29, 1.82) is 0 Å². The van der Waals surface area contributed by atoms with Crippen molar-refractivity contribution < 1.29 is 9.53 Å². The number of carbonyl (C=O) groups is 1. The predicted octanol–water partition coefficient (Wildman–Crippen LogP) is 3.08. The third-order valence-corrected chi connectivity index (χ3v) is 5.07. The number of aromatic nitrogens is 3. The van der Waals surface area contributed by atoms with E-state index >= 15 is 0 Å². The van der Waals surface area contributed by atoms with E-state index in [-0.39, 0.29) is 12.0 Å². The van der Waals surface area contributed by atoms with E-state index in [1.54, 1.807) is 29.1 Å². The maximum absolute atomic E-state index is 12.8. The maximum Gasteiger partial charge on any atom is 0.254 e. The van der Waals surface area contributed by atoms with Crippen LogP contribution in [0.5, 0.6) is 5.88 Å². The molecular formula is C18H18N4O2S. The van der Waals surface area contributed by atoms with E-state index in [9.17, 15) is 4.79 Å². The van der Waals surface area contributed by atoms with Crippen molar-refractivity contribution in [2.45, 2.75) is 25.9 Å². The summed E-state index contributed by atoms with van der Waals surface area (Å²) in [5.74, 6) is 1.29. The highest BCUT2D eigenvalue weighted by Gasteiger charge is 2.26. The van der Waals surface area contributed by atoms with Crippen molar-refractivity contribution in [3.8, 4) is 5.88 Å². The van der Waals surface area contributed by atoms with Crippen LogP contribution < -0.4 is 4.74 Å². The van der Waals surface area contributed by atoms with E-state index in [2.05, 4.69) is 15.0 Å². The van der Waals surface area contributed by atoms with Crippen molar-refractivity contribution >= 4 is 27.5 Å². The zero-order valence-corrected chi connectivity index (χ0v) is 14.7.